The molecule has 2 saturated heterocycles. The van der Waals surface area contributed by atoms with Gasteiger partial charge in [0.1, 0.15) is 5.02 Å². The van der Waals surface area contributed by atoms with E-state index in [2.05, 4.69) is 19.4 Å². The van der Waals surface area contributed by atoms with Crippen molar-refractivity contribution in [2.75, 3.05) is 42.9 Å². The molecule has 2 aliphatic rings. The molecule has 34 heavy (non-hydrogen) atoms. The van der Waals surface area contributed by atoms with Gasteiger partial charge in [0.15, 0.2) is 0 Å². The first kappa shape index (κ1) is 25.3. The smallest absolute Gasteiger partial charge is 0.287 e. The zero-order chi connectivity index (χ0) is 24.1. The molecule has 1 aromatic heterocycles. The fourth-order valence-electron chi connectivity index (χ4n) is 4.29. The van der Waals surface area contributed by atoms with Gasteiger partial charge in [-0.15, -0.1) is 0 Å². The Balaban J connectivity index is 1.27. The fraction of sp³-hybridized carbons (Fsp3) is 0.583. The van der Waals surface area contributed by atoms with Gasteiger partial charge in [-0.2, -0.15) is 5.10 Å². The van der Waals surface area contributed by atoms with Crippen LogP contribution in [0.2, 0.25) is 5.02 Å². The van der Waals surface area contributed by atoms with E-state index in [9.17, 15) is 9.90 Å². The maximum Gasteiger partial charge on any atom is 0.287 e. The highest BCUT2D eigenvalue weighted by Gasteiger charge is 2.24. The van der Waals surface area contributed by atoms with Gasteiger partial charge in [0.05, 0.1) is 30.1 Å². The summed E-state index contributed by atoms with van der Waals surface area (Å²) in [6, 6.07) is 7.83. The Labute approximate surface area is 210 Å². The summed E-state index contributed by atoms with van der Waals surface area (Å²) in [5.74, 6) is 0.433. The predicted octanol–water partition coefficient (Wildman–Crippen LogP) is 4.27. The van der Waals surface area contributed by atoms with Gasteiger partial charge in [0.2, 0.25) is 0 Å². The minimum atomic E-state index is -0.846. The van der Waals surface area contributed by atoms with Crippen molar-refractivity contribution in [1.29, 1.82) is 0 Å². The van der Waals surface area contributed by atoms with Crippen LogP contribution >= 0.6 is 23.7 Å². The maximum atomic E-state index is 12.9. The van der Waals surface area contributed by atoms with E-state index in [0.717, 1.165) is 69.8 Å². The molecule has 2 fully saturated rings. The number of nitrogens with zero attached hydrogens (tertiary/aromatic N) is 3. The minimum absolute atomic E-state index is 0.0358. The van der Waals surface area contributed by atoms with Crippen molar-refractivity contribution in [1.82, 2.24) is 14.1 Å². The van der Waals surface area contributed by atoms with Crippen LogP contribution in [0.25, 0.3) is 0 Å². The number of anilines is 2. The van der Waals surface area contributed by atoms with Crippen molar-refractivity contribution in [2.24, 2.45) is 5.92 Å². The van der Waals surface area contributed by atoms with E-state index >= 15 is 0 Å². The Bertz CT molecular complexity index is 997. The van der Waals surface area contributed by atoms with Gasteiger partial charge in [-0.1, -0.05) is 23.7 Å². The average molecular weight is 508 g/mol. The molecule has 3 heterocycles. The lowest BCUT2D eigenvalue weighted by molar-refractivity contribution is 0.0595. The third-order valence-corrected chi connectivity index (χ3v) is 7.75. The van der Waals surface area contributed by atoms with Crippen molar-refractivity contribution in [3.05, 3.63) is 51.4 Å². The summed E-state index contributed by atoms with van der Waals surface area (Å²) in [5.41, 5.74) is 1.38. The monoisotopic (exact) mass is 507 g/mol. The minimum Gasteiger partial charge on any atom is -0.386 e. The largest absolute Gasteiger partial charge is 0.386 e. The van der Waals surface area contributed by atoms with Crippen LogP contribution in [-0.4, -0.2) is 52.0 Å². The van der Waals surface area contributed by atoms with Gasteiger partial charge in [-0.25, -0.2) is 8.99 Å². The molecule has 0 unspecified atom stereocenters. The molecule has 3 N–H and O–H groups in total. The van der Waals surface area contributed by atoms with Crippen molar-refractivity contribution in [3.8, 4) is 0 Å². The molecule has 0 radical (unpaired) electrons. The first-order valence-electron chi connectivity index (χ1n) is 11.9. The number of piperidine rings is 1. The SMILES string of the molecule is CC(C)(O)c1ccc(NSN2CCC(n3ncc(NC[C@H]4CCCOC4)c(Cl)c3=O)CC2)cc1. The summed E-state index contributed by atoms with van der Waals surface area (Å²) in [6.45, 7) is 7.52. The van der Waals surface area contributed by atoms with Gasteiger partial charge < -0.3 is 19.9 Å². The maximum absolute atomic E-state index is 12.9. The van der Waals surface area contributed by atoms with Crippen LogP contribution < -0.4 is 15.6 Å². The van der Waals surface area contributed by atoms with Gasteiger partial charge >= 0.3 is 0 Å². The average Bonchev–Trinajstić information content (AvgIpc) is 2.84. The summed E-state index contributed by atoms with van der Waals surface area (Å²) < 4.78 is 12.7. The van der Waals surface area contributed by atoms with Gasteiger partial charge in [0, 0.05) is 44.1 Å². The van der Waals surface area contributed by atoms with E-state index in [4.69, 9.17) is 16.3 Å². The Morgan fingerprint density at radius 3 is 2.62 bits per heavy atom. The number of rotatable bonds is 8. The van der Waals surface area contributed by atoms with E-state index in [1.807, 2.05) is 24.3 Å². The van der Waals surface area contributed by atoms with Crippen LogP contribution in [0.15, 0.2) is 35.3 Å². The van der Waals surface area contributed by atoms with Crippen molar-refractivity contribution in [3.63, 3.8) is 0 Å². The van der Waals surface area contributed by atoms with Crippen LogP contribution in [0.4, 0.5) is 11.4 Å². The summed E-state index contributed by atoms with van der Waals surface area (Å²) in [5, 5.41) is 18.0. The van der Waals surface area contributed by atoms with Crippen LogP contribution in [-0.2, 0) is 10.3 Å². The zero-order valence-electron chi connectivity index (χ0n) is 19.8. The first-order valence-corrected chi connectivity index (χ1v) is 13.1. The molecule has 0 spiro atoms. The number of nitrogens with one attached hydrogen (secondary N) is 2. The molecule has 1 atom stereocenters. The quantitative estimate of drug-likeness (QED) is 0.456. The number of hydrogen-bond donors (Lipinski definition) is 3. The predicted molar refractivity (Wildman–Crippen MR) is 138 cm³/mol. The lowest BCUT2D eigenvalue weighted by Gasteiger charge is -2.31. The van der Waals surface area contributed by atoms with Crippen LogP contribution in [0.5, 0.6) is 0 Å². The summed E-state index contributed by atoms with van der Waals surface area (Å²) >= 11 is 7.97. The Kier molecular flexibility index (Phi) is 8.42. The van der Waals surface area contributed by atoms with E-state index < -0.39 is 5.60 Å². The van der Waals surface area contributed by atoms with Crippen molar-refractivity contribution in [2.45, 2.75) is 51.2 Å². The van der Waals surface area contributed by atoms with E-state index in [0.29, 0.717) is 11.6 Å². The molecule has 10 heteroatoms. The lowest BCUT2D eigenvalue weighted by Crippen LogP contribution is -2.36. The van der Waals surface area contributed by atoms with Gasteiger partial charge in [-0.3, -0.25) is 4.79 Å². The second-order valence-corrected chi connectivity index (χ2v) is 10.9. The first-order chi connectivity index (χ1) is 16.3. The third-order valence-electron chi connectivity index (χ3n) is 6.43. The van der Waals surface area contributed by atoms with Crippen LogP contribution in [0.1, 0.15) is 51.1 Å². The third kappa shape index (κ3) is 6.46. The number of aliphatic hydroxyl groups is 1. The normalized spacial score (nSPS) is 20.3. The van der Waals surface area contributed by atoms with Crippen molar-refractivity contribution >= 4 is 35.1 Å². The molecule has 0 aliphatic carbocycles. The Morgan fingerprint density at radius 2 is 1.97 bits per heavy atom. The summed E-state index contributed by atoms with van der Waals surface area (Å²) in [4.78, 5) is 12.9. The molecule has 2 aliphatic heterocycles. The van der Waals surface area contributed by atoms with E-state index in [1.54, 1.807) is 36.9 Å². The number of ether oxygens (including phenoxy) is 1. The van der Waals surface area contributed by atoms with Crippen LogP contribution in [0, 0.1) is 5.92 Å². The Morgan fingerprint density at radius 1 is 1.24 bits per heavy atom. The molecule has 0 saturated carbocycles. The van der Waals surface area contributed by atoms with Crippen molar-refractivity contribution < 1.29 is 9.84 Å². The summed E-state index contributed by atoms with van der Waals surface area (Å²) in [7, 11) is 0. The molecular formula is C24H34ClN5O3S. The fourth-order valence-corrected chi connectivity index (χ4v) is 5.26. The highest BCUT2D eigenvalue weighted by molar-refractivity contribution is 7.98. The van der Waals surface area contributed by atoms with Gasteiger partial charge in [-0.05, 0) is 63.1 Å². The molecular weight excluding hydrogens is 474 g/mol. The Hall–Kier alpha value is -1.78. The highest BCUT2D eigenvalue weighted by atomic mass is 35.5. The zero-order valence-corrected chi connectivity index (χ0v) is 21.4. The standard InChI is InChI=1S/C24H34ClN5O3S/c1-24(2,32)18-5-7-19(8-6-18)28-34-29-11-9-20(10-12-29)30-23(31)22(25)21(15-27-30)26-14-17-4-3-13-33-16-17/h5-8,15,17,20,26,28,32H,3-4,9-14,16H2,1-2H3/t17-/m1/s1. The van der Waals surface area contributed by atoms with E-state index in [-0.39, 0.29) is 16.6 Å². The second-order valence-electron chi connectivity index (χ2n) is 9.58. The summed E-state index contributed by atoms with van der Waals surface area (Å²) in [6.07, 6.45) is 5.50. The molecule has 1 aromatic carbocycles. The second kappa shape index (κ2) is 11.3. The molecule has 8 nitrogen and oxygen atoms in total. The number of aromatic nitrogens is 2. The van der Waals surface area contributed by atoms with Gasteiger partial charge in [0.25, 0.3) is 5.56 Å². The topological polar surface area (TPSA) is 91.7 Å². The molecule has 0 bridgehead atoms. The van der Waals surface area contributed by atoms with E-state index in [1.165, 1.54) is 0 Å². The van der Waals surface area contributed by atoms with Crippen LogP contribution in [0.3, 0.4) is 0 Å². The number of hydrogen-bond acceptors (Lipinski definition) is 8. The molecule has 2 aromatic rings. The molecule has 186 valence electrons. The molecule has 4 rings (SSSR count). The highest BCUT2D eigenvalue weighted by Crippen LogP contribution is 2.28. The molecule has 0 amide bonds. The number of benzene rings is 1. The lowest BCUT2D eigenvalue weighted by atomic mass is 9.98. The number of halogens is 1.